The summed E-state index contributed by atoms with van der Waals surface area (Å²) in [6.45, 7) is 1.03. The van der Waals surface area contributed by atoms with Gasteiger partial charge in [-0.1, -0.05) is 0 Å². The Bertz CT molecular complexity index is 17.5. The maximum atomic E-state index is 4.37. The van der Waals surface area contributed by atoms with Gasteiger partial charge in [0.1, 0.15) is 13.2 Å². The molecule has 0 aromatic rings. The zero-order valence-electron chi connectivity index (χ0n) is 3.64. The van der Waals surface area contributed by atoms with Crippen LogP contribution in [-0.2, 0) is 9.47 Å². The molecule has 0 N–H and O–H groups in total. The van der Waals surface area contributed by atoms with Crippen LogP contribution in [0.1, 0.15) is 0 Å². The van der Waals surface area contributed by atoms with E-state index in [1.54, 1.807) is 0 Å². The summed E-state index contributed by atoms with van der Waals surface area (Å²) < 4.78 is 8.73. The van der Waals surface area contributed by atoms with Gasteiger partial charge in [-0.25, -0.2) is 0 Å². The molecule has 0 rings (SSSR count). The molecule has 0 spiro atoms. The van der Waals surface area contributed by atoms with Gasteiger partial charge in [-0.2, -0.15) is 9.47 Å². The molecule has 34 valence electrons. The number of rotatable bonds is 3. The van der Waals surface area contributed by atoms with Crippen molar-refractivity contribution in [1.29, 1.82) is 0 Å². The fourth-order valence-corrected chi connectivity index (χ4v) is 0.118. The quantitative estimate of drug-likeness (QED) is 0.371. The first-order valence-corrected chi connectivity index (χ1v) is 1.65. The standard InChI is InChI=1S/C4H8O2/c1-5-3-4-6-2/h1-4H2/q+2. The second-order valence-electron chi connectivity index (χ2n) is 0.816. The Morgan fingerprint density at radius 3 is 1.50 bits per heavy atom. The molecule has 0 saturated heterocycles. The lowest BCUT2D eigenvalue weighted by molar-refractivity contribution is 0.142. The molecule has 0 radical (unpaired) electrons. The molecule has 2 nitrogen and oxygen atoms in total. The van der Waals surface area contributed by atoms with Crippen LogP contribution in [0.3, 0.4) is 0 Å². The third-order valence-corrected chi connectivity index (χ3v) is 0.372. The molecule has 0 atom stereocenters. The van der Waals surface area contributed by atoms with Gasteiger partial charge in [0.25, 0.3) is 0 Å². The molecule has 6 heavy (non-hydrogen) atoms. The van der Waals surface area contributed by atoms with Gasteiger partial charge >= 0.3 is 0 Å². The van der Waals surface area contributed by atoms with Crippen molar-refractivity contribution in [1.82, 2.24) is 0 Å². The van der Waals surface area contributed by atoms with Crippen molar-refractivity contribution < 1.29 is 9.47 Å². The van der Waals surface area contributed by atoms with Crippen molar-refractivity contribution in [2.24, 2.45) is 0 Å². The van der Waals surface area contributed by atoms with E-state index in [9.17, 15) is 0 Å². The van der Waals surface area contributed by atoms with Gasteiger partial charge in [0.2, 0.25) is 14.2 Å². The van der Waals surface area contributed by atoms with E-state index in [1.807, 2.05) is 0 Å². The minimum Gasteiger partial charge on any atom is -0.197 e. The molecule has 0 heterocycles. The summed E-state index contributed by atoms with van der Waals surface area (Å²) >= 11 is 0. The predicted octanol–water partition coefficient (Wildman–Crippen LogP) is 0.603. The van der Waals surface area contributed by atoms with E-state index in [4.69, 9.17) is 0 Å². The zero-order valence-corrected chi connectivity index (χ0v) is 3.64. The minimum absolute atomic E-state index is 0.517. The second-order valence-corrected chi connectivity index (χ2v) is 0.816. The Labute approximate surface area is 38.1 Å². The highest BCUT2D eigenvalue weighted by Crippen LogP contribution is 1.69. The van der Waals surface area contributed by atoms with Crippen molar-refractivity contribution in [2.45, 2.75) is 0 Å². The molecule has 0 saturated carbocycles. The highest BCUT2D eigenvalue weighted by Gasteiger charge is 1.84. The molecule has 0 aromatic heterocycles. The van der Waals surface area contributed by atoms with Gasteiger partial charge in [-0.15, -0.1) is 0 Å². The third-order valence-electron chi connectivity index (χ3n) is 0.372. The molecule has 2 heteroatoms. The summed E-state index contributed by atoms with van der Waals surface area (Å²) in [4.78, 5) is 0. The fraction of sp³-hybridized carbons (Fsp3) is 0.500. The van der Waals surface area contributed by atoms with Gasteiger partial charge in [-0.3, -0.25) is 0 Å². The van der Waals surface area contributed by atoms with Gasteiger partial charge in [0.05, 0.1) is 0 Å². The Kier molecular flexibility index (Phi) is 4.40. The smallest absolute Gasteiger partial charge is 0.197 e. The summed E-state index contributed by atoms with van der Waals surface area (Å²) in [5, 5.41) is 0. The van der Waals surface area contributed by atoms with Crippen molar-refractivity contribution in [2.75, 3.05) is 13.2 Å². The topological polar surface area (TPSA) is 18.5 Å². The van der Waals surface area contributed by atoms with Gasteiger partial charge in [0.15, 0.2) is 0 Å². The van der Waals surface area contributed by atoms with E-state index < -0.39 is 0 Å². The van der Waals surface area contributed by atoms with Crippen LogP contribution < -0.4 is 0 Å². The number of hydrogen-bond acceptors (Lipinski definition) is 2. The average molecular weight is 88.1 g/mol. The van der Waals surface area contributed by atoms with E-state index >= 15 is 0 Å². The van der Waals surface area contributed by atoms with Crippen LogP contribution in [0.2, 0.25) is 0 Å². The van der Waals surface area contributed by atoms with Crippen molar-refractivity contribution >= 4 is 0 Å². The number of hydrogen-bond donors (Lipinski definition) is 0. The first-order valence-electron chi connectivity index (χ1n) is 1.65. The largest absolute Gasteiger partial charge is 0.213 e. The summed E-state index contributed by atoms with van der Waals surface area (Å²) in [7, 11) is 6.23. The van der Waals surface area contributed by atoms with Crippen molar-refractivity contribution in [3.05, 3.63) is 14.2 Å². The van der Waals surface area contributed by atoms with Crippen LogP contribution in [0.5, 0.6) is 0 Å². The van der Waals surface area contributed by atoms with Gasteiger partial charge in [-0.05, 0) is 0 Å². The Hall–Kier alpha value is -0.340. The summed E-state index contributed by atoms with van der Waals surface area (Å²) in [6.07, 6.45) is 0. The van der Waals surface area contributed by atoms with E-state index in [0.29, 0.717) is 13.2 Å². The van der Waals surface area contributed by atoms with E-state index in [0.717, 1.165) is 0 Å². The highest BCUT2D eigenvalue weighted by molar-refractivity contribution is 4.23. The summed E-state index contributed by atoms with van der Waals surface area (Å²) in [6, 6.07) is 0. The van der Waals surface area contributed by atoms with Crippen LogP contribution in [0.4, 0.5) is 0 Å². The lowest BCUT2D eigenvalue weighted by atomic mass is 10.8. The van der Waals surface area contributed by atoms with Crippen molar-refractivity contribution in [3.8, 4) is 0 Å². The zero-order chi connectivity index (χ0) is 4.83. The van der Waals surface area contributed by atoms with Gasteiger partial charge < -0.3 is 0 Å². The fourth-order valence-electron chi connectivity index (χ4n) is 0.118. The Morgan fingerprint density at radius 2 is 1.33 bits per heavy atom. The van der Waals surface area contributed by atoms with Crippen LogP contribution in [0.15, 0.2) is 0 Å². The Morgan fingerprint density at radius 1 is 1.00 bits per heavy atom. The SMILES string of the molecule is [CH2+]OCCO[CH2+]. The molecule has 0 aromatic carbocycles. The summed E-state index contributed by atoms with van der Waals surface area (Å²) in [5.74, 6) is 0. The highest BCUT2D eigenvalue weighted by atomic mass is 16.5. The molecular weight excluding hydrogens is 80.0 g/mol. The maximum absolute atomic E-state index is 4.37. The maximum Gasteiger partial charge on any atom is 0.213 e. The molecule has 0 fully saturated rings. The van der Waals surface area contributed by atoms with E-state index in [-0.39, 0.29) is 0 Å². The lowest BCUT2D eigenvalue weighted by Gasteiger charge is -1.79. The van der Waals surface area contributed by atoms with Crippen LogP contribution >= 0.6 is 0 Å². The first kappa shape index (κ1) is 5.66. The predicted molar refractivity (Wildman–Crippen MR) is 22.6 cm³/mol. The second kappa shape index (κ2) is 4.66. The molecule has 0 aliphatic rings. The van der Waals surface area contributed by atoms with Crippen LogP contribution in [-0.4, -0.2) is 13.2 Å². The van der Waals surface area contributed by atoms with Crippen molar-refractivity contribution in [3.63, 3.8) is 0 Å². The minimum atomic E-state index is 0.517. The van der Waals surface area contributed by atoms with Crippen LogP contribution in [0, 0.1) is 14.2 Å². The van der Waals surface area contributed by atoms with E-state index in [1.165, 1.54) is 0 Å². The normalized spacial score (nSPS) is 8.67. The first-order chi connectivity index (χ1) is 2.91. The lowest BCUT2D eigenvalue weighted by Crippen LogP contribution is -1.93. The van der Waals surface area contributed by atoms with E-state index in [2.05, 4.69) is 23.7 Å². The molecular formula is C4H8O2+2. The number of ether oxygens (including phenoxy) is 2. The molecule has 0 unspecified atom stereocenters. The van der Waals surface area contributed by atoms with Crippen LogP contribution in [0.25, 0.3) is 0 Å². The summed E-state index contributed by atoms with van der Waals surface area (Å²) in [5.41, 5.74) is 0. The third kappa shape index (κ3) is 3.66. The molecule has 0 amide bonds. The van der Waals surface area contributed by atoms with Gasteiger partial charge in [0, 0.05) is 0 Å². The molecule has 0 aliphatic carbocycles. The average Bonchev–Trinajstić information content (AvgIpc) is 1.61. The molecule has 0 aliphatic heterocycles. The molecule has 0 bridgehead atoms. The Balaban J connectivity index is 2.34. The monoisotopic (exact) mass is 88.1 g/mol.